The molecule has 0 spiro atoms. The zero-order chi connectivity index (χ0) is 28.8. The van der Waals surface area contributed by atoms with Gasteiger partial charge in [-0.15, -0.1) is 0 Å². The summed E-state index contributed by atoms with van der Waals surface area (Å²) in [6.07, 6.45) is 9.25. The smallest absolute Gasteiger partial charge is 0.158 e. The van der Waals surface area contributed by atoms with Crippen LogP contribution in [0.4, 0.5) is 0 Å². The van der Waals surface area contributed by atoms with E-state index in [4.69, 9.17) is 19.6 Å². The fourth-order valence-electron chi connectivity index (χ4n) is 4.80. The maximum Gasteiger partial charge on any atom is 0.158 e. The van der Waals surface area contributed by atoms with Crippen LogP contribution in [0.3, 0.4) is 0 Å². The molecule has 1 atom stereocenters. The number of aliphatic hydroxyl groups is 1. The van der Waals surface area contributed by atoms with E-state index >= 15 is 0 Å². The number of hydrogen-bond donors (Lipinski definition) is 1. The maximum atomic E-state index is 13.7. The Balaban J connectivity index is 1.55. The Hall–Kier alpha value is -3.81. The van der Waals surface area contributed by atoms with Crippen LogP contribution in [0.1, 0.15) is 29.5 Å². The van der Waals surface area contributed by atoms with Crippen molar-refractivity contribution in [2.24, 2.45) is 0 Å². The first-order valence-electron chi connectivity index (χ1n) is 13.7. The molecule has 1 N–H and O–H groups in total. The van der Waals surface area contributed by atoms with Crippen molar-refractivity contribution in [2.45, 2.75) is 30.8 Å². The molecule has 4 aromatic rings. The van der Waals surface area contributed by atoms with Crippen molar-refractivity contribution in [3.63, 3.8) is 0 Å². The van der Waals surface area contributed by atoms with Gasteiger partial charge in [0.1, 0.15) is 17.9 Å². The van der Waals surface area contributed by atoms with Gasteiger partial charge in [-0.2, -0.15) is 5.26 Å². The van der Waals surface area contributed by atoms with Gasteiger partial charge in [-0.1, -0.05) is 35.9 Å². The van der Waals surface area contributed by atoms with E-state index in [2.05, 4.69) is 6.07 Å². The lowest BCUT2D eigenvalue weighted by atomic mass is 10.0. The summed E-state index contributed by atoms with van der Waals surface area (Å²) in [5.74, 6) is 0.559. The summed E-state index contributed by atoms with van der Waals surface area (Å²) in [5.41, 5.74) is 4.68. The van der Waals surface area contributed by atoms with E-state index in [1.165, 1.54) is 0 Å². The number of nitriles is 1. The number of nitrogens with zero attached hydrogens (tertiary/aromatic N) is 4. The van der Waals surface area contributed by atoms with Gasteiger partial charge in [0.05, 0.1) is 30.3 Å². The molecule has 3 heterocycles. The molecule has 1 unspecified atom stereocenters. The van der Waals surface area contributed by atoms with Crippen molar-refractivity contribution in [1.29, 1.82) is 5.26 Å². The largest absolute Gasteiger partial charge is 0.489 e. The van der Waals surface area contributed by atoms with Gasteiger partial charge in [0.15, 0.2) is 16.6 Å². The number of pyridine rings is 1. The van der Waals surface area contributed by atoms with Crippen molar-refractivity contribution >= 4 is 28.1 Å². The Morgan fingerprint density at radius 3 is 2.73 bits per heavy atom. The van der Waals surface area contributed by atoms with Crippen molar-refractivity contribution in [3.8, 4) is 22.9 Å². The zero-order valence-electron chi connectivity index (χ0n) is 23.3. The Kier molecular flexibility index (Phi) is 9.27. The van der Waals surface area contributed by atoms with Crippen LogP contribution in [-0.2, 0) is 15.7 Å². The minimum Gasteiger partial charge on any atom is -0.489 e. The van der Waals surface area contributed by atoms with Gasteiger partial charge in [0.2, 0.25) is 0 Å². The second-order valence-electron chi connectivity index (χ2n) is 10.2. The average molecular weight is 571 g/mol. The number of likely N-dealkylation sites (N-methyl/N-ethyl adjacent to an activating group) is 1. The topological polar surface area (TPSA) is 101 Å². The summed E-state index contributed by atoms with van der Waals surface area (Å²) in [7, 11) is 0.432. The minimum atomic E-state index is -1.52. The molecular weight excluding hydrogens is 536 g/mol. The molecular formula is C32H34N4O4S. The predicted molar refractivity (Wildman–Crippen MR) is 161 cm³/mol. The quantitative estimate of drug-likeness (QED) is 0.288. The highest BCUT2D eigenvalue weighted by Gasteiger charge is 2.20. The van der Waals surface area contributed by atoms with E-state index in [9.17, 15) is 9.47 Å². The SMILES string of the molecule is Cc1ccc(S(=O)n2cc(-c3ccc(OC4CCOCC4)c(C#N)c3)c3cc(/C=C/CN(C)CCO)cnc32)cc1. The van der Waals surface area contributed by atoms with Crippen molar-refractivity contribution in [3.05, 3.63) is 83.7 Å². The molecule has 0 amide bonds. The van der Waals surface area contributed by atoms with E-state index in [0.29, 0.717) is 48.2 Å². The molecule has 212 valence electrons. The standard InChI is InChI=1S/C32H34N4O4S/c1-23-5-8-28(9-6-23)41(38)36-22-30(29-18-24(21-34-32(29)36)4-3-13-35(2)14-15-37)25-7-10-31(26(19-25)20-33)40-27-11-16-39-17-12-27/h3-10,18-19,21-22,27,37H,11-17H2,1-2H3/b4-3+. The third-order valence-corrected chi connectivity index (χ3v) is 8.43. The molecule has 8 nitrogen and oxygen atoms in total. The van der Waals surface area contributed by atoms with Crippen LogP contribution >= 0.6 is 0 Å². The van der Waals surface area contributed by atoms with Crippen LogP contribution in [0.15, 0.2) is 71.9 Å². The number of hydrogen-bond acceptors (Lipinski definition) is 7. The summed E-state index contributed by atoms with van der Waals surface area (Å²) in [5, 5.41) is 20.0. The molecule has 0 bridgehead atoms. The van der Waals surface area contributed by atoms with E-state index in [1.54, 1.807) is 10.2 Å². The van der Waals surface area contributed by atoms with E-state index in [-0.39, 0.29) is 12.7 Å². The predicted octanol–water partition coefficient (Wildman–Crippen LogP) is 4.95. The van der Waals surface area contributed by atoms with Gasteiger partial charge in [-0.3, -0.25) is 0 Å². The second-order valence-corrected chi connectivity index (χ2v) is 11.6. The number of aliphatic hydroxyl groups excluding tert-OH is 1. The first-order valence-corrected chi connectivity index (χ1v) is 14.8. The van der Waals surface area contributed by atoms with E-state index in [1.807, 2.05) is 85.8 Å². The van der Waals surface area contributed by atoms with Crippen LogP contribution in [0, 0.1) is 18.3 Å². The van der Waals surface area contributed by atoms with Gasteiger partial charge >= 0.3 is 0 Å². The van der Waals surface area contributed by atoms with Crippen molar-refractivity contribution in [2.75, 3.05) is 40.0 Å². The fraction of sp³-hybridized carbons (Fsp3) is 0.312. The Morgan fingerprint density at radius 2 is 2.00 bits per heavy atom. The number of rotatable bonds is 10. The molecule has 1 aliphatic rings. The molecule has 0 saturated carbocycles. The number of fused-ring (bicyclic) bond motifs is 1. The second kappa shape index (κ2) is 13.2. The van der Waals surface area contributed by atoms with Crippen LogP contribution in [0.2, 0.25) is 0 Å². The first-order chi connectivity index (χ1) is 20.0. The van der Waals surface area contributed by atoms with Crippen molar-refractivity contribution in [1.82, 2.24) is 13.9 Å². The van der Waals surface area contributed by atoms with Gasteiger partial charge < -0.3 is 19.5 Å². The molecule has 5 rings (SSSR count). The number of aromatic nitrogens is 2. The molecule has 0 radical (unpaired) electrons. The molecule has 41 heavy (non-hydrogen) atoms. The number of aryl methyl sites for hydroxylation is 1. The zero-order valence-corrected chi connectivity index (χ0v) is 24.1. The van der Waals surface area contributed by atoms with Gasteiger partial charge in [0, 0.05) is 49.3 Å². The summed E-state index contributed by atoms with van der Waals surface area (Å²) in [6.45, 7) is 4.69. The Labute approximate surface area is 243 Å². The fourth-order valence-corrected chi connectivity index (χ4v) is 5.90. The summed E-state index contributed by atoms with van der Waals surface area (Å²) < 4.78 is 27.0. The average Bonchev–Trinajstić information content (AvgIpc) is 3.37. The van der Waals surface area contributed by atoms with Crippen LogP contribution in [-0.4, -0.2) is 69.2 Å². The molecule has 1 saturated heterocycles. The molecule has 2 aromatic carbocycles. The monoisotopic (exact) mass is 570 g/mol. The lowest BCUT2D eigenvalue weighted by Crippen LogP contribution is -2.26. The summed E-state index contributed by atoms with van der Waals surface area (Å²) in [4.78, 5) is 7.42. The van der Waals surface area contributed by atoms with Crippen LogP contribution in [0.25, 0.3) is 28.2 Å². The Morgan fingerprint density at radius 1 is 1.22 bits per heavy atom. The third-order valence-electron chi connectivity index (χ3n) is 7.12. The highest BCUT2D eigenvalue weighted by Crippen LogP contribution is 2.35. The van der Waals surface area contributed by atoms with Crippen LogP contribution in [0.5, 0.6) is 5.75 Å². The number of benzene rings is 2. The first kappa shape index (κ1) is 28.7. The highest BCUT2D eigenvalue weighted by molar-refractivity contribution is 7.83. The molecule has 9 heteroatoms. The summed E-state index contributed by atoms with van der Waals surface area (Å²) in [6, 6.07) is 17.6. The van der Waals surface area contributed by atoms with E-state index in [0.717, 1.165) is 40.5 Å². The number of ether oxygens (including phenoxy) is 2. The van der Waals surface area contributed by atoms with Gasteiger partial charge in [0.25, 0.3) is 0 Å². The minimum absolute atomic E-state index is 0.0236. The van der Waals surface area contributed by atoms with Crippen molar-refractivity contribution < 1.29 is 18.8 Å². The molecule has 1 aliphatic heterocycles. The Bertz CT molecular complexity index is 1600. The maximum absolute atomic E-state index is 13.7. The normalized spacial score (nSPS) is 15.0. The molecule has 0 aliphatic carbocycles. The lowest BCUT2D eigenvalue weighted by Gasteiger charge is -2.23. The lowest BCUT2D eigenvalue weighted by molar-refractivity contribution is 0.0254. The van der Waals surface area contributed by atoms with Crippen LogP contribution < -0.4 is 4.74 Å². The third kappa shape index (κ3) is 6.75. The summed E-state index contributed by atoms with van der Waals surface area (Å²) >= 11 is 0. The van der Waals surface area contributed by atoms with Gasteiger partial charge in [-0.05, 0) is 55.4 Å². The highest BCUT2D eigenvalue weighted by atomic mass is 32.2. The molecule has 1 fully saturated rings. The molecule has 2 aromatic heterocycles. The van der Waals surface area contributed by atoms with E-state index < -0.39 is 11.0 Å². The van der Waals surface area contributed by atoms with Gasteiger partial charge in [-0.25, -0.2) is 13.2 Å².